The highest BCUT2D eigenvalue weighted by molar-refractivity contribution is 5.87. The molecule has 4 nitrogen and oxygen atoms in total. The van der Waals surface area contributed by atoms with E-state index < -0.39 is 0 Å². The van der Waals surface area contributed by atoms with Crippen LogP contribution in [0.25, 0.3) is 0 Å². The normalized spacial score (nSPS) is 31.2. The van der Waals surface area contributed by atoms with E-state index in [4.69, 9.17) is 0 Å². The Morgan fingerprint density at radius 1 is 1.10 bits per heavy atom. The Morgan fingerprint density at radius 2 is 1.80 bits per heavy atom. The van der Waals surface area contributed by atoms with Crippen molar-refractivity contribution in [2.45, 2.75) is 58.4 Å². The first kappa shape index (κ1) is 15.5. The molecule has 1 saturated heterocycles. The molecule has 1 amide bonds. The lowest BCUT2D eigenvalue weighted by atomic mass is 9.77. The Hall–Kier alpha value is -0.900. The highest BCUT2D eigenvalue weighted by Gasteiger charge is 2.34. The lowest BCUT2D eigenvalue weighted by molar-refractivity contribution is -0.134. The molecule has 114 valence electrons. The van der Waals surface area contributed by atoms with Crippen LogP contribution in [-0.2, 0) is 9.59 Å². The zero-order valence-corrected chi connectivity index (χ0v) is 12.9. The molecule has 2 aliphatic rings. The molecule has 1 saturated carbocycles. The Morgan fingerprint density at radius 3 is 2.45 bits per heavy atom. The summed E-state index contributed by atoms with van der Waals surface area (Å²) in [5.41, 5.74) is 0. The number of hydrogen-bond acceptors (Lipinski definition) is 3. The molecule has 0 radical (unpaired) electrons. The van der Waals surface area contributed by atoms with Gasteiger partial charge in [0.15, 0.2) is 0 Å². The van der Waals surface area contributed by atoms with Gasteiger partial charge in [0.05, 0.1) is 0 Å². The number of carbonyl (C=O) groups is 2. The van der Waals surface area contributed by atoms with E-state index in [1.54, 1.807) is 6.92 Å². The molecule has 2 fully saturated rings. The third kappa shape index (κ3) is 3.60. The summed E-state index contributed by atoms with van der Waals surface area (Å²) >= 11 is 0. The van der Waals surface area contributed by atoms with Crippen LogP contribution in [0.5, 0.6) is 0 Å². The summed E-state index contributed by atoms with van der Waals surface area (Å²) in [5, 5.41) is 3.11. The highest BCUT2D eigenvalue weighted by Crippen LogP contribution is 2.31. The van der Waals surface area contributed by atoms with Crippen LogP contribution in [0.15, 0.2) is 0 Å². The molecule has 4 heteroatoms. The maximum Gasteiger partial charge on any atom is 0.223 e. The molecule has 1 aliphatic carbocycles. The number of likely N-dealkylation sites (tertiary alicyclic amines) is 1. The van der Waals surface area contributed by atoms with Crippen molar-refractivity contribution >= 4 is 11.7 Å². The summed E-state index contributed by atoms with van der Waals surface area (Å²) < 4.78 is 0. The van der Waals surface area contributed by atoms with Crippen molar-refractivity contribution in [1.82, 2.24) is 10.2 Å². The van der Waals surface area contributed by atoms with Crippen molar-refractivity contribution in [3.63, 3.8) is 0 Å². The maximum absolute atomic E-state index is 12.4. The average molecular weight is 280 g/mol. The number of likely N-dealkylation sites (N-methyl/N-ethyl adjacent to an activating group) is 1. The van der Waals surface area contributed by atoms with E-state index >= 15 is 0 Å². The van der Waals surface area contributed by atoms with Crippen molar-refractivity contribution < 1.29 is 9.59 Å². The molecule has 0 aromatic rings. The molecule has 20 heavy (non-hydrogen) atoms. The Bertz CT molecular complexity index is 356. The molecule has 0 bridgehead atoms. The lowest BCUT2D eigenvalue weighted by Gasteiger charge is -2.30. The number of nitrogens with one attached hydrogen (secondary N) is 1. The van der Waals surface area contributed by atoms with Gasteiger partial charge in [0.25, 0.3) is 0 Å². The largest absolute Gasteiger partial charge is 0.354 e. The van der Waals surface area contributed by atoms with Gasteiger partial charge in [-0.05, 0) is 45.7 Å². The number of nitrogens with zero attached hydrogens (tertiary/aromatic N) is 1. The molecule has 3 atom stereocenters. The average Bonchev–Trinajstić information content (AvgIpc) is 2.92. The van der Waals surface area contributed by atoms with Crippen LogP contribution in [-0.4, -0.2) is 42.3 Å². The third-order valence-electron chi connectivity index (χ3n) is 5.04. The SMILES string of the molecule is CCN1CCC[C@H]1CNC(=O)C1CCCC[C@H]1C(C)=O. The predicted octanol–water partition coefficient (Wildman–Crippen LogP) is 1.98. The monoisotopic (exact) mass is 280 g/mol. The van der Waals surface area contributed by atoms with Gasteiger partial charge in [-0.15, -0.1) is 0 Å². The van der Waals surface area contributed by atoms with Crippen LogP contribution in [0.3, 0.4) is 0 Å². The van der Waals surface area contributed by atoms with E-state index in [9.17, 15) is 9.59 Å². The molecular weight excluding hydrogens is 252 g/mol. The first-order valence-electron chi connectivity index (χ1n) is 8.15. The summed E-state index contributed by atoms with van der Waals surface area (Å²) in [4.78, 5) is 26.5. The minimum Gasteiger partial charge on any atom is -0.354 e. The van der Waals surface area contributed by atoms with Gasteiger partial charge in [0, 0.05) is 24.4 Å². The quantitative estimate of drug-likeness (QED) is 0.838. The second-order valence-corrected chi connectivity index (χ2v) is 6.28. The van der Waals surface area contributed by atoms with Crippen LogP contribution in [0.4, 0.5) is 0 Å². The van der Waals surface area contributed by atoms with Gasteiger partial charge in [-0.25, -0.2) is 0 Å². The van der Waals surface area contributed by atoms with Crippen LogP contribution < -0.4 is 5.32 Å². The second kappa shape index (κ2) is 7.21. The first-order chi connectivity index (χ1) is 9.63. The molecule has 0 spiro atoms. The fraction of sp³-hybridized carbons (Fsp3) is 0.875. The highest BCUT2D eigenvalue weighted by atomic mass is 16.2. The fourth-order valence-electron chi connectivity index (χ4n) is 3.82. The standard InChI is InChI=1S/C16H28N2O2/c1-3-18-10-6-7-13(18)11-17-16(20)15-9-5-4-8-14(15)12(2)19/h13-15H,3-11H2,1-2H3,(H,17,20)/t13-,14-,15?/m0/s1. The molecule has 2 rings (SSSR count). The van der Waals surface area contributed by atoms with Crippen LogP contribution in [0.2, 0.25) is 0 Å². The summed E-state index contributed by atoms with van der Waals surface area (Å²) in [5.74, 6) is 0.154. The number of rotatable bonds is 5. The minimum atomic E-state index is -0.0854. The number of ketones is 1. The van der Waals surface area contributed by atoms with E-state index in [-0.39, 0.29) is 23.5 Å². The van der Waals surface area contributed by atoms with E-state index in [1.165, 1.54) is 12.8 Å². The summed E-state index contributed by atoms with van der Waals surface area (Å²) in [7, 11) is 0. The number of amides is 1. The molecule has 1 N–H and O–H groups in total. The van der Waals surface area contributed by atoms with E-state index in [0.29, 0.717) is 6.04 Å². The molecule has 1 aliphatic heterocycles. The van der Waals surface area contributed by atoms with Gasteiger partial charge >= 0.3 is 0 Å². The Kier molecular flexibility index (Phi) is 5.58. The number of hydrogen-bond donors (Lipinski definition) is 1. The van der Waals surface area contributed by atoms with E-state index in [2.05, 4.69) is 17.1 Å². The van der Waals surface area contributed by atoms with Gasteiger partial charge in [-0.3, -0.25) is 14.5 Å². The van der Waals surface area contributed by atoms with E-state index in [1.807, 2.05) is 0 Å². The Balaban J connectivity index is 1.85. The van der Waals surface area contributed by atoms with Gasteiger partial charge in [-0.1, -0.05) is 19.8 Å². The van der Waals surface area contributed by atoms with E-state index in [0.717, 1.165) is 45.3 Å². The third-order valence-corrected chi connectivity index (χ3v) is 5.04. The topological polar surface area (TPSA) is 49.4 Å². The number of carbonyl (C=O) groups excluding carboxylic acids is 2. The van der Waals surface area contributed by atoms with Crippen molar-refractivity contribution in [2.24, 2.45) is 11.8 Å². The number of Topliss-reactive ketones (excluding diaryl/α,β-unsaturated/α-hetero) is 1. The van der Waals surface area contributed by atoms with Crippen molar-refractivity contribution in [2.75, 3.05) is 19.6 Å². The molecule has 1 heterocycles. The van der Waals surface area contributed by atoms with Gasteiger partial charge < -0.3 is 5.32 Å². The van der Waals surface area contributed by atoms with Crippen LogP contribution >= 0.6 is 0 Å². The van der Waals surface area contributed by atoms with Crippen molar-refractivity contribution in [3.8, 4) is 0 Å². The Labute approximate surface area is 122 Å². The van der Waals surface area contributed by atoms with Gasteiger partial charge in [-0.2, -0.15) is 0 Å². The van der Waals surface area contributed by atoms with Crippen molar-refractivity contribution in [3.05, 3.63) is 0 Å². The zero-order chi connectivity index (χ0) is 14.5. The summed E-state index contributed by atoms with van der Waals surface area (Å²) in [6, 6.07) is 0.489. The predicted molar refractivity (Wildman–Crippen MR) is 79.4 cm³/mol. The summed E-state index contributed by atoms with van der Waals surface area (Å²) in [6.45, 7) is 6.75. The maximum atomic E-state index is 12.4. The van der Waals surface area contributed by atoms with Gasteiger partial charge in [0.2, 0.25) is 5.91 Å². The molecule has 1 unspecified atom stereocenters. The molecule has 0 aromatic heterocycles. The second-order valence-electron chi connectivity index (χ2n) is 6.28. The van der Waals surface area contributed by atoms with Crippen molar-refractivity contribution in [1.29, 1.82) is 0 Å². The van der Waals surface area contributed by atoms with Crippen LogP contribution in [0.1, 0.15) is 52.4 Å². The smallest absolute Gasteiger partial charge is 0.223 e. The zero-order valence-electron chi connectivity index (χ0n) is 12.9. The fourth-order valence-corrected chi connectivity index (χ4v) is 3.82. The van der Waals surface area contributed by atoms with Gasteiger partial charge in [0.1, 0.15) is 5.78 Å². The van der Waals surface area contributed by atoms with Crippen LogP contribution in [0, 0.1) is 11.8 Å². The minimum absolute atomic E-state index is 0.0467. The summed E-state index contributed by atoms with van der Waals surface area (Å²) in [6.07, 6.45) is 6.33. The molecular formula is C16H28N2O2. The lowest BCUT2D eigenvalue weighted by Crippen LogP contribution is -2.44. The molecule has 0 aromatic carbocycles. The first-order valence-corrected chi connectivity index (χ1v) is 8.15.